The summed E-state index contributed by atoms with van der Waals surface area (Å²) in [6, 6.07) is 6.20. The van der Waals surface area contributed by atoms with Crippen LogP contribution in [0.3, 0.4) is 0 Å². The molecule has 0 amide bonds. The first-order valence-corrected chi connectivity index (χ1v) is 6.18. The van der Waals surface area contributed by atoms with Gasteiger partial charge in [-0.2, -0.15) is 0 Å². The van der Waals surface area contributed by atoms with Crippen LogP contribution in [-0.2, 0) is 27.5 Å². The zero-order chi connectivity index (χ0) is 11.4. The summed E-state index contributed by atoms with van der Waals surface area (Å²) in [5.74, 6) is 0.597. The van der Waals surface area contributed by atoms with Crippen LogP contribution in [0, 0.1) is 0 Å². The summed E-state index contributed by atoms with van der Waals surface area (Å²) in [6.07, 6.45) is 0.450. The molecule has 0 atom stereocenters. The summed E-state index contributed by atoms with van der Waals surface area (Å²) in [5.41, 5.74) is 2.54. The van der Waals surface area contributed by atoms with Crippen LogP contribution in [0.4, 0.5) is 0 Å². The average molecular weight is 238 g/mol. The Balaban J connectivity index is 1.95. The fourth-order valence-corrected chi connectivity index (χ4v) is 2.68. The first kappa shape index (κ1) is 11.5. The lowest BCUT2D eigenvalue weighted by molar-refractivity contribution is -0.140. The van der Waals surface area contributed by atoms with Gasteiger partial charge in [-0.25, -0.2) is 0 Å². The van der Waals surface area contributed by atoms with E-state index in [4.69, 9.17) is 4.74 Å². The number of benzene rings is 1. The second-order valence-corrected chi connectivity index (χ2v) is 4.70. The molecule has 0 spiro atoms. The number of esters is 1. The van der Waals surface area contributed by atoms with Gasteiger partial charge in [0.05, 0.1) is 26.7 Å². The third-order valence-corrected chi connectivity index (χ3v) is 3.63. The van der Waals surface area contributed by atoms with Crippen molar-refractivity contribution in [2.75, 3.05) is 12.9 Å². The molecule has 1 heterocycles. The predicted octanol–water partition coefficient (Wildman–Crippen LogP) is 2.37. The zero-order valence-corrected chi connectivity index (χ0v) is 10.0. The van der Waals surface area contributed by atoms with Crippen molar-refractivity contribution in [3.8, 4) is 0 Å². The van der Waals surface area contributed by atoms with Crippen molar-refractivity contribution < 1.29 is 14.3 Å². The number of carbonyl (C=O) groups is 1. The summed E-state index contributed by atoms with van der Waals surface area (Å²) in [6.45, 7) is 1.40. The molecule has 0 saturated carbocycles. The van der Waals surface area contributed by atoms with E-state index in [2.05, 4.69) is 16.9 Å². The van der Waals surface area contributed by atoms with E-state index in [1.54, 1.807) is 11.8 Å². The number of rotatable bonds is 4. The first-order valence-electron chi connectivity index (χ1n) is 5.19. The molecule has 1 aromatic carbocycles. The highest BCUT2D eigenvalue weighted by atomic mass is 32.2. The van der Waals surface area contributed by atoms with E-state index in [0.717, 1.165) is 5.75 Å². The molecular weight excluding hydrogens is 224 g/mol. The predicted molar refractivity (Wildman–Crippen MR) is 62.3 cm³/mol. The summed E-state index contributed by atoms with van der Waals surface area (Å²) in [7, 11) is 1.42. The van der Waals surface area contributed by atoms with Gasteiger partial charge in [-0.1, -0.05) is 12.1 Å². The van der Waals surface area contributed by atoms with Crippen molar-refractivity contribution in [1.29, 1.82) is 0 Å². The number of thioether (sulfide) groups is 1. The summed E-state index contributed by atoms with van der Waals surface area (Å²) < 4.78 is 10.0. The first-order chi connectivity index (χ1) is 7.81. The van der Waals surface area contributed by atoms with Gasteiger partial charge in [-0.05, 0) is 17.2 Å². The highest BCUT2D eigenvalue weighted by Gasteiger charge is 2.15. The average Bonchev–Trinajstić information content (AvgIpc) is 2.77. The van der Waals surface area contributed by atoms with Crippen molar-refractivity contribution >= 4 is 17.7 Å². The Morgan fingerprint density at radius 2 is 2.38 bits per heavy atom. The molecule has 0 N–H and O–H groups in total. The lowest BCUT2D eigenvalue weighted by Gasteiger charge is -2.05. The second-order valence-electron chi connectivity index (χ2n) is 3.56. The standard InChI is InChI=1S/C12H14O3S/c1-14-12(13)5-6-16-11-4-2-3-9-7-15-8-10(9)11/h2-4H,5-8H2,1H3. The fourth-order valence-electron chi connectivity index (χ4n) is 1.65. The monoisotopic (exact) mass is 238 g/mol. The normalized spacial score (nSPS) is 13.6. The molecule has 0 radical (unpaired) electrons. The van der Waals surface area contributed by atoms with Crippen LogP contribution in [-0.4, -0.2) is 18.8 Å². The van der Waals surface area contributed by atoms with Crippen molar-refractivity contribution in [2.45, 2.75) is 24.5 Å². The lowest BCUT2D eigenvalue weighted by atomic mass is 10.1. The highest BCUT2D eigenvalue weighted by Crippen LogP contribution is 2.30. The van der Waals surface area contributed by atoms with Crippen LogP contribution in [0.1, 0.15) is 17.5 Å². The van der Waals surface area contributed by atoms with E-state index in [1.807, 2.05) is 6.07 Å². The molecule has 0 aromatic heterocycles. The van der Waals surface area contributed by atoms with Gasteiger partial charge in [0.1, 0.15) is 0 Å². The van der Waals surface area contributed by atoms with Gasteiger partial charge in [0.15, 0.2) is 0 Å². The number of ether oxygens (including phenoxy) is 2. The van der Waals surface area contributed by atoms with Gasteiger partial charge in [0.25, 0.3) is 0 Å². The fraction of sp³-hybridized carbons (Fsp3) is 0.417. The quantitative estimate of drug-likeness (QED) is 0.596. The van der Waals surface area contributed by atoms with Crippen molar-refractivity contribution in [1.82, 2.24) is 0 Å². The zero-order valence-electron chi connectivity index (χ0n) is 9.19. The van der Waals surface area contributed by atoms with Crippen LogP contribution < -0.4 is 0 Å². The van der Waals surface area contributed by atoms with Crippen molar-refractivity contribution in [3.63, 3.8) is 0 Å². The van der Waals surface area contributed by atoms with E-state index < -0.39 is 0 Å². The number of carbonyl (C=O) groups excluding carboxylic acids is 1. The van der Waals surface area contributed by atoms with E-state index in [1.165, 1.54) is 23.1 Å². The Kier molecular flexibility index (Phi) is 3.85. The molecule has 86 valence electrons. The third-order valence-electron chi connectivity index (χ3n) is 2.53. The van der Waals surface area contributed by atoms with Gasteiger partial charge in [-0.15, -0.1) is 11.8 Å². The Morgan fingerprint density at radius 3 is 3.19 bits per heavy atom. The minimum absolute atomic E-state index is 0.156. The molecule has 2 rings (SSSR count). The van der Waals surface area contributed by atoms with Crippen molar-refractivity contribution in [2.24, 2.45) is 0 Å². The van der Waals surface area contributed by atoms with E-state index in [-0.39, 0.29) is 5.97 Å². The lowest BCUT2D eigenvalue weighted by Crippen LogP contribution is -2.01. The molecule has 0 aliphatic carbocycles. The minimum atomic E-state index is -0.156. The molecule has 3 nitrogen and oxygen atoms in total. The Bertz CT molecular complexity index is 390. The second kappa shape index (κ2) is 5.37. The number of hydrogen-bond donors (Lipinski definition) is 0. The van der Waals surface area contributed by atoms with Crippen LogP contribution in [0.2, 0.25) is 0 Å². The molecule has 16 heavy (non-hydrogen) atoms. The summed E-state index contributed by atoms with van der Waals surface area (Å²) in [5, 5.41) is 0. The highest BCUT2D eigenvalue weighted by molar-refractivity contribution is 7.99. The van der Waals surface area contributed by atoms with Gasteiger partial charge in [-0.3, -0.25) is 4.79 Å². The maximum atomic E-state index is 11.0. The maximum absolute atomic E-state index is 11.0. The molecule has 0 unspecified atom stereocenters. The minimum Gasteiger partial charge on any atom is -0.469 e. The Labute approximate surface area is 99.1 Å². The van der Waals surface area contributed by atoms with Crippen LogP contribution in [0.5, 0.6) is 0 Å². The molecule has 0 saturated heterocycles. The SMILES string of the molecule is COC(=O)CCSc1cccc2c1COC2. The molecule has 1 aliphatic rings. The molecule has 1 aliphatic heterocycles. The Morgan fingerprint density at radius 1 is 1.50 bits per heavy atom. The van der Waals surface area contributed by atoms with Gasteiger partial charge in [0, 0.05) is 10.6 Å². The Hall–Kier alpha value is -1.00. The number of methoxy groups -OCH3 is 1. The number of fused-ring (bicyclic) bond motifs is 1. The molecule has 0 fully saturated rings. The topological polar surface area (TPSA) is 35.5 Å². The van der Waals surface area contributed by atoms with Crippen LogP contribution in [0.25, 0.3) is 0 Å². The molecule has 1 aromatic rings. The maximum Gasteiger partial charge on any atom is 0.306 e. The third kappa shape index (κ3) is 2.57. The van der Waals surface area contributed by atoms with Crippen LogP contribution >= 0.6 is 11.8 Å². The van der Waals surface area contributed by atoms with Crippen LogP contribution in [0.15, 0.2) is 23.1 Å². The molecular formula is C12H14O3S. The van der Waals surface area contributed by atoms with E-state index in [0.29, 0.717) is 19.6 Å². The van der Waals surface area contributed by atoms with Gasteiger partial charge in [0.2, 0.25) is 0 Å². The summed E-state index contributed by atoms with van der Waals surface area (Å²) in [4.78, 5) is 12.2. The molecule has 4 heteroatoms. The van der Waals surface area contributed by atoms with E-state index in [9.17, 15) is 4.79 Å². The van der Waals surface area contributed by atoms with Gasteiger partial charge < -0.3 is 9.47 Å². The smallest absolute Gasteiger partial charge is 0.306 e. The largest absolute Gasteiger partial charge is 0.469 e. The number of hydrogen-bond acceptors (Lipinski definition) is 4. The van der Waals surface area contributed by atoms with Crippen molar-refractivity contribution in [3.05, 3.63) is 29.3 Å². The van der Waals surface area contributed by atoms with E-state index >= 15 is 0 Å². The summed E-state index contributed by atoms with van der Waals surface area (Å²) >= 11 is 1.69. The van der Waals surface area contributed by atoms with Gasteiger partial charge >= 0.3 is 5.97 Å². The molecule has 0 bridgehead atoms.